The Kier molecular flexibility index (Phi) is 5.10. The zero-order valence-corrected chi connectivity index (χ0v) is 14.3. The molecule has 1 N–H and O–H groups in total. The maximum absolute atomic E-state index is 11.0. The van der Waals surface area contributed by atoms with Crippen molar-refractivity contribution in [1.82, 2.24) is 14.7 Å². The molecule has 120 valence electrons. The van der Waals surface area contributed by atoms with Crippen LogP contribution in [0.3, 0.4) is 0 Å². The molecule has 0 saturated heterocycles. The van der Waals surface area contributed by atoms with Crippen molar-refractivity contribution in [2.24, 2.45) is 13.0 Å². The Balaban J connectivity index is 2.18. The van der Waals surface area contributed by atoms with Crippen LogP contribution in [0, 0.1) is 5.92 Å². The highest BCUT2D eigenvalue weighted by Gasteiger charge is 2.43. The van der Waals surface area contributed by atoms with Gasteiger partial charge in [0.15, 0.2) is 0 Å². The summed E-state index contributed by atoms with van der Waals surface area (Å²) in [4.78, 5) is 2.25. The third-order valence-corrected chi connectivity index (χ3v) is 5.31. The highest BCUT2D eigenvalue weighted by molar-refractivity contribution is 5.13. The van der Waals surface area contributed by atoms with E-state index in [2.05, 4.69) is 44.0 Å². The fourth-order valence-corrected chi connectivity index (χ4v) is 3.89. The summed E-state index contributed by atoms with van der Waals surface area (Å²) in [7, 11) is 6.21. The molecule has 4 heteroatoms. The molecule has 1 aliphatic rings. The fraction of sp³-hybridized carbons (Fsp3) is 0.824. The molecular weight excluding hydrogens is 262 g/mol. The zero-order chi connectivity index (χ0) is 15.6. The molecule has 1 aromatic heterocycles. The normalized spacial score (nSPS) is 28.0. The maximum atomic E-state index is 11.0. The van der Waals surface area contributed by atoms with E-state index in [0.717, 1.165) is 30.7 Å². The van der Waals surface area contributed by atoms with Gasteiger partial charge in [0.05, 0.1) is 11.8 Å². The van der Waals surface area contributed by atoms with Crippen LogP contribution in [-0.4, -0.2) is 45.5 Å². The number of aromatic nitrogens is 2. The second-order valence-electron chi connectivity index (χ2n) is 7.02. The zero-order valence-electron chi connectivity index (χ0n) is 14.3. The van der Waals surface area contributed by atoms with Gasteiger partial charge in [0.1, 0.15) is 0 Å². The minimum atomic E-state index is -0.338. The first kappa shape index (κ1) is 16.5. The van der Waals surface area contributed by atoms with Gasteiger partial charge in [-0.25, -0.2) is 0 Å². The van der Waals surface area contributed by atoms with Gasteiger partial charge in [-0.05, 0) is 45.3 Å². The Bertz CT molecular complexity index is 469. The van der Waals surface area contributed by atoms with Crippen molar-refractivity contribution in [2.75, 3.05) is 14.1 Å². The van der Waals surface area contributed by atoms with E-state index in [1.807, 2.05) is 11.7 Å². The van der Waals surface area contributed by atoms with Crippen LogP contribution in [0.1, 0.15) is 50.9 Å². The molecule has 1 fully saturated rings. The lowest BCUT2D eigenvalue weighted by atomic mass is 9.71. The molecule has 1 aromatic rings. The predicted molar refractivity (Wildman–Crippen MR) is 86.3 cm³/mol. The molecule has 21 heavy (non-hydrogen) atoms. The molecule has 4 nitrogen and oxygen atoms in total. The van der Waals surface area contributed by atoms with E-state index in [0.29, 0.717) is 12.3 Å². The standard InChI is InChI=1S/C17H31N3O/c1-6-14-10-15(20(5)18-14)11-16(21)17(19(3)4)9-7-8-13(2)12-17/h10,13,16,21H,6-9,11-12H2,1-5H3. The van der Waals surface area contributed by atoms with Gasteiger partial charge in [0.2, 0.25) is 0 Å². The summed E-state index contributed by atoms with van der Waals surface area (Å²) >= 11 is 0. The summed E-state index contributed by atoms with van der Waals surface area (Å²) in [5, 5.41) is 15.5. The minimum Gasteiger partial charge on any atom is -0.391 e. The molecule has 2 rings (SSSR count). The number of aliphatic hydroxyl groups excluding tert-OH is 1. The summed E-state index contributed by atoms with van der Waals surface area (Å²) in [5.41, 5.74) is 2.16. The van der Waals surface area contributed by atoms with Crippen LogP contribution in [-0.2, 0) is 19.9 Å². The van der Waals surface area contributed by atoms with E-state index in [1.165, 1.54) is 12.8 Å². The molecule has 0 amide bonds. The van der Waals surface area contributed by atoms with E-state index < -0.39 is 0 Å². The van der Waals surface area contributed by atoms with Crippen LogP contribution in [0.2, 0.25) is 0 Å². The molecule has 0 bridgehead atoms. The highest BCUT2D eigenvalue weighted by Crippen LogP contribution is 2.39. The van der Waals surface area contributed by atoms with Crippen molar-refractivity contribution in [3.63, 3.8) is 0 Å². The van der Waals surface area contributed by atoms with Gasteiger partial charge in [-0.2, -0.15) is 5.10 Å². The molecule has 0 spiro atoms. The number of aliphatic hydroxyl groups is 1. The highest BCUT2D eigenvalue weighted by atomic mass is 16.3. The Morgan fingerprint density at radius 2 is 2.24 bits per heavy atom. The lowest BCUT2D eigenvalue weighted by molar-refractivity contribution is -0.0432. The second-order valence-corrected chi connectivity index (χ2v) is 7.02. The van der Waals surface area contributed by atoms with Crippen LogP contribution < -0.4 is 0 Å². The molecular formula is C17H31N3O. The van der Waals surface area contributed by atoms with Gasteiger partial charge in [0, 0.05) is 24.7 Å². The molecule has 0 aromatic carbocycles. The van der Waals surface area contributed by atoms with Crippen LogP contribution >= 0.6 is 0 Å². The summed E-state index contributed by atoms with van der Waals surface area (Å²) in [5.74, 6) is 0.688. The van der Waals surface area contributed by atoms with Gasteiger partial charge in [0.25, 0.3) is 0 Å². The monoisotopic (exact) mass is 293 g/mol. The van der Waals surface area contributed by atoms with Crippen LogP contribution in [0.5, 0.6) is 0 Å². The van der Waals surface area contributed by atoms with Gasteiger partial charge < -0.3 is 10.0 Å². The van der Waals surface area contributed by atoms with Gasteiger partial charge in [-0.3, -0.25) is 4.68 Å². The van der Waals surface area contributed by atoms with Gasteiger partial charge in [-0.1, -0.05) is 26.7 Å². The Morgan fingerprint density at radius 3 is 2.76 bits per heavy atom. The predicted octanol–water partition coefficient (Wildman–Crippen LogP) is 2.40. The Hall–Kier alpha value is -0.870. The third kappa shape index (κ3) is 3.32. The van der Waals surface area contributed by atoms with Gasteiger partial charge >= 0.3 is 0 Å². The Morgan fingerprint density at radius 1 is 1.52 bits per heavy atom. The largest absolute Gasteiger partial charge is 0.391 e. The second kappa shape index (κ2) is 6.49. The van der Waals surface area contributed by atoms with Crippen molar-refractivity contribution in [1.29, 1.82) is 0 Å². The van der Waals surface area contributed by atoms with Crippen molar-refractivity contribution in [3.8, 4) is 0 Å². The quantitative estimate of drug-likeness (QED) is 0.906. The van der Waals surface area contributed by atoms with Crippen LogP contribution in [0.4, 0.5) is 0 Å². The lowest BCUT2D eigenvalue weighted by Crippen LogP contribution is -2.56. The maximum Gasteiger partial charge on any atom is 0.0778 e. The number of rotatable bonds is 5. The van der Waals surface area contributed by atoms with Gasteiger partial charge in [-0.15, -0.1) is 0 Å². The van der Waals surface area contributed by atoms with Crippen molar-refractivity contribution in [3.05, 3.63) is 17.5 Å². The van der Waals surface area contributed by atoms with E-state index in [4.69, 9.17) is 0 Å². The van der Waals surface area contributed by atoms with Crippen molar-refractivity contribution >= 4 is 0 Å². The summed E-state index contributed by atoms with van der Waals surface area (Å²) < 4.78 is 1.93. The fourth-order valence-electron chi connectivity index (χ4n) is 3.89. The number of likely N-dealkylation sites (N-methyl/N-ethyl adjacent to an activating group) is 1. The summed E-state index contributed by atoms with van der Waals surface area (Å²) in [6.07, 6.45) is 5.96. The number of hydrogen-bond donors (Lipinski definition) is 1. The van der Waals surface area contributed by atoms with Crippen molar-refractivity contribution in [2.45, 2.75) is 64.0 Å². The lowest BCUT2D eigenvalue weighted by Gasteiger charge is -2.48. The minimum absolute atomic E-state index is 0.0890. The average Bonchev–Trinajstić information content (AvgIpc) is 2.79. The van der Waals surface area contributed by atoms with E-state index in [-0.39, 0.29) is 11.6 Å². The first-order valence-electron chi connectivity index (χ1n) is 8.26. The average molecular weight is 293 g/mol. The molecule has 1 saturated carbocycles. The first-order valence-corrected chi connectivity index (χ1v) is 8.26. The van der Waals surface area contributed by atoms with Crippen LogP contribution in [0.15, 0.2) is 6.07 Å². The topological polar surface area (TPSA) is 41.3 Å². The molecule has 0 aliphatic heterocycles. The smallest absolute Gasteiger partial charge is 0.0778 e. The molecule has 3 unspecified atom stereocenters. The van der Waals surface area contributed by atoms with E-state index in [9.17, 15) is 5.11 Å². The first-order chi connectivity index (χ1) is 9.89. The van der Waals surface area contributed by atoms with Crippen molar-refractivity contribution < 1.29 is 5.11 Å². The number of aryl methyl sites for hydroxylation is 2. The number of nitrogens with zero attached hydrogens (tertiary/aromatic N) is 3. The molecule has 3 atom stereocenters. The molecule has 1 aliphatic carbocycles. The van der Waals surface area contributed by atoms with E-state index in [1.54, 1.807) is 0 Å². The summed E-state index contributed by atoms with van der Waals surface area (Å²) in [6, 6.07) is 2.14. The Labute approximate surface area is 129 Å². The van der Waals surface area contributed by atoms with Crippen LogP contribution in [0.25, 0.3) is 0 Å². The summed E-state index contributed by atoms with van der Waals surface area (Å²) in [6.45, 7) is 4.43. The molecule has 0 radical (unpaired) electrons. The van der Waals surface area contributed by atoms with E-state index >= 15 is 0 Å². The SMILES string of the molecule is CCc1cc(CC(O)C2(N(C)C)CCCC(C)C2)n(C)n1. The molecule has 1 heterocycles. The third-order valence-electron chi connectivity index (χ3n) is 5.31. The number of hydrogen-bond acceptors (Lipinski definition) is 3.